The summed E-state index contributed by atoms with van der Waals surface area (Å²) in [5, 5.41) is 8.97. The summed E-state index contributed by atoms with van der Waals surface area (Å²) in [7, 11) is -3.64. The predicted octanol–water partition coefficient (Wildman–Crippen LogP) is 4.45. The van der Waals surface area contributed by atoms with Gasteiger partial charge in [-0.15, -0.1) is 0 Å². The minimum atomic E-state index is -3.64. The summed E-state index contributed by atoms with van der Waals surface area (Å²) < 4.78 is 33.3. The molecule has 0 saturated heterocycles. The summed E-state index contributed by atoms with van der Waals surface area (Å²) in [5.74, 6) is -0.645. The third kappa shape index (κ3) is 4.84. The number of nitrogens with one attached hydrogen (secondary N) is 1. The van der Waals surface area contributed by atoms with E-state index in [1.165, 1.54) is 12.1 Å². The summed E-state index contributed by atoms with van der Waals surface area (Å²) in [5.41, 5.74) is 2.29. The summed E-state index contributed by atoms with van der Waals surface area (Å²) in [6.07, 6.45) is 0. The van der Waals surface area contributed by atoms with Gasteiger partial charge in [0.1, 0.15) is 12.4 Å². The summed E-state index contributed by atoms with van der Waals surface area (Å²) >= 11 is 0. The normalized spacial score (nSPS) is 12.1. The molecule has 0 amide bonds. The van der Waals surface area contributed by atoms with E-state index in [2.05, 4.69) is 4.72 Å². The molecule has 0 bridgehead atoms. The first-order valence-corrected chi connectivity index (χ1v) is 10.5. The number of hydrogen-bond donors (Lipinski definition) is 2. The van der Waals surface area contributed by atoms with Gasteiger partial charge in [0, 0.05) is 0 Å². The van der Waals surface area contributed by atoms with E-state index < -0.39 is 20.7 Å². The molecule has 0 radical (unpaired) electrons. The number of carboxylic acids is 1. The Hall–Kier alpha value is -2.54. The Bertz CT molecular complexity index is 947. The Labute approximate surface area is 166 Å². The van der Waals surface area contributed by atoms with E-state index >= 15 is 0 Å². The van der Waals surface area contributed by atoms with Crippen molar-refractivity contribution in [2.75, 3.05) is 4.72 Å². The second-order valence-electron chi connectivity index (χ2n) is 7.65. The summed E-state index contributed by atoms with van der Waals surface area (Å²) in [4.78, 5) is 10.9. The number of aromatic carboxylic acids is 1. The van der Waals surface area contributed by atoms with Gasteiger partial charge >= 0.3 is 5.97 Å². The van der Waals surface area contributed by atoms with Gasteiger partial charge in [-0.05, 0) is 62.1 Å². The third-order valence-corrected chi connectivity index (χ3v) is 7.40. The number of anilines is 1. The van der Waals surface area contributed by atoms with Gasteiger partial charge < -0.3 is 9.84 Å². The molecule has 2 rings (SSSR count). The van der Waals surface area contributed by atoms with Crippen molar-refractivity contribution in [2.45, 2.75) is 46.0 Å². The van der Waals surface area contributed by atoms with Crippen LogP contribution in [0.3, 0.4) is 0 Å². The zero-order valence-corrected chi connectivity index (χ0v) is 17.6. The van der Waals surface area contributed by atoms with Gasteiger partial charge in [-0.3, -0.25) is 4.72 Å². The second kappa shape index (κ2) is 8.22. The molecule has 0 aromatic heterocycles. The lowest BCUT2D eigenvalue weighted by Gasteiger charge is -2.29. The van der Waals surface area contributed by atoms with E-state index in [-0.39, 0.29) is 18.1 Å². The Kier molecular flexibility index (Phi) is 6.39. The highest BCUT2D eigenvalue weighted by atomic mass is 32.2. The lowest BCUT2D eigenvalue weighted by atomic mass is 10.00. The van der Waals surface area contributed by atoms with E-state index in [1.54, 1.807) is 38.1 Å². The van der Waals surface area contributed by atoms with Crippen LogP contribution in [0.1, 0.15) is 49.2 Å². The molecule has 0 aliphatic heterocycles. The molecule has 0 aliphatic carbocycles. The molecule has 0 saturated carbocycles. The number of aryl methyl sites for hydroxylation is 1. The van der Waals surface area contributed by atoms with Gasteiger partial charge in [0.05, 0.1) is 16.0 Å². The predicted molar refractivity (Wildman–Crippen MR) is 110 cm³/mol. The molecule has 0 spiro atoms. The van der Waals surface area contributed by atoms with Gasteiger partial charge in [-0.25, -0.2) is 13.2 Å². The molecule has 2 N–H and O–H groups in total. The molecular weight excluding hydrogens is 378 g/mol. The Balaban J connectivity index is 2.24. The Morgan fingerprint density at radius 1 is 1.14 bits per heavy atom. The Morgan fingerprint density at radius 3 is 2.29 bits per heavy atom. The van der Waals surface area contributed by atoms with Crippen molar-refractivity contribution in [3.8, 4) is 5.75 Å². The molecule has 0 heterocycles. The number of carbonyl (C=O) groups is 1. The number of rotatable bonds is 8. The molecule has 0 atom stereocenters. The van der Waals surface area contributed by atoms with Crippen LogP contribution in [0.25, 0.3) is 0 Å². The molecule has 0 unspecified atom stereocenters. The van der Waals surface area contributed by atoms with Crippen LogP contribution in [0.2, 0.25) is 0 Å². The Morgan fingerprint density at radius 2 is 1.75 bits per heavy atom. The van der Waals surface area contributed by atoms with E-state index in [1.807, 2.05) is 26.8 Å². The van der Waals surface area contributed by atoms with Crippen LogP contribution < -0.4 is 9.46 Å². The molecule has 152 valence electrons. The number of benzene rings is 2. The van der Waals surface area contributed by atoms with Crippen molar-refractivity contribution in [3.05, 3.63) is 59.2 Å². The smallest absolute Gasteiger partial charge is 0.335 e. The van der Waals surface area contributed by atoms with Crippen molar-refractivity contribution >= 4 is 21.7 Å². The maximum Gasteiger partial charge on any atom is 0.335 e. The van der Waals surface area contributed by atoms with Crippen LogP contribution >= 0.6 is 0 Å². The topological polar surface area (TPSA) is 92.7 Å². The first-order chi connectivity index (χ1) is 12.9. The molecule has 0 aliphatic rings. The fraction of sp³-hybridized carbons (Fsp3) is 0.381. The summed E-state index contributed by atoms with van der Waals surface area (Å²) in [6, 6.07) is 11.6. The van der Waals surface area contributed by atoms with Crippen molar-refractivity contribution in [2.24, 2.45) is 5.92 Å². The van der Waals surface area contributed by atoms with Gasteiger partial charge in [0.2, 0.25) is 10.0 Å². The lowest BCUT2D eigenvalue weighted by molar-refractivity contribution is 0.0697. The van der Waals surface area contributed by atoms with Crippen molar-refractivity contribution in [3.63, 3.8) is 0 Å². The zero-order chi connectivity index (χ0) is 21.1. The maximum atomic E-state index is 12.9. The molecule has 28 heavy (non-hydrogen) atoms. The van der Waals surface area contributed by atoms with Crippen LogP contribution in [0.4, 0.5) is 5.69 Å². The van der Waals surface area contributed by atoms with E-state index in [0.29, 0.717) is 11.4 Å². The number of hydrogen-bond acceptors (Lipinski definition) is 4. The fourth-order valence-electron chi connectivity index (χ4n) is 2.32. The molecular formula is C21H27NO5S. The van der Waals surface area contributed by atoms with E-state index in [0.717, 1.165) is 11.1 Å². The van der Waals surface area contributed by atoms with E-state index in [4.69, 9.17) is 9.84 Å². The van der Waals surface area contributed by atoms with Crippen LogP contribution in [0, 0.1) is 12.8 Å². The minimum absolute atomic E-state index is 0.0763. The first-order valence-electron chi connectivity index (χ1n) is 9.02. The van der Waals surface area contributed by atoms with Gasteiger partial charge in [0.25, 0.3) is 0 Å². The maximum absolute atomic E-state index is 12.9. The molecule has 7 heteroatoms. The number of carboxylic acid groups (broad SMARTS) is 1. The number of ether oxygens (including phenoxy) is 1. The van der Waals surface area contributed by atoms with Crippen LogP contribution in [-0.4, -0.2) is 24.2 Å². The lowest BCUT2D eigenvalue weighted by Crippen LogP contribution is -2.41. The fourth-order valence-corrected chi connectivity index (χ4v) is 3.67. The highest BCUT2D eigenvalue weighted by Gasteiger charge is 2.37. The summed E-state index contributed by atoms with van der Waals surface area (Å²) in [6.45, 7) is 9.20. The third-order valence-electron chi connectivity index (χ3n) is 5.06. The van der Waals surface area contributed by atoms with Gasteiger partial charge in [0.15, 0.2) is 0 Å². The van der Waals surface area contributed by atoms with Gasteiger partial charge in [-0.2, -0.15) is 0 Å². The molecule has 2 aromatic carbocycles. The first kappa shape index (κ1) is 21.8. The average Bonchev–Trinajstić information content (AvgIpc) is 2.61. The highest BCUT2D eigenvalue weighted by Crippen LogP contribution is 2.32. The SMILES string of the molecule is Cc1ccc(NS(=O)(=O)C(C)(C)C(C)C)c(OCc2ccc(C(=O)O)cc2)c1. The standard InChI is InChI=1S/C21H27NO5S/c1-14(2)21(4,5)28(25,26)22-18-11-6-15(3)12-19(18)27-13-16-7-9-17(10-8-16)20(23)24/h6-12,14,22H,13H2,1-5H3,(H,23,24). The zero-order valence-electron chi connectivity index (χ0n) is 16.8. The number of sulfonamides is 1. The van der Waals surface area contributed by atoms with Crippen LogP contribution in [-0.2, 0) is 16.6 Å². The molecule has 2 aromatic rings. The largest absolute Gasteiger partial charge is 0.487 e. The molecule has 6 nitrogen and oxygen atoms in total. The average molecular weight is 406 g/mol. The van der Waals surface area contributed by atoms with Crippen molar-refractivity contribution in [1.82, 2.24) is 0 Å². The van der Waals surface area contributed by atoms with Crippen LogP contribution in [0.5, 0.6) is 5.75 Å². The van der Waals surface area contributed by atoms with Crippen LogP contribution in [0.15, 0.2) is 42.5 Å². The second-order valence-corrected chi connectivity index (χ2v) is 9.92. The van der Waals surface area contributed by atoms with E-state index in [9.17, 15) is 13.2 Å². The minimum Gasteiger partial charge on any atom is -0.487 e. The van der Waals surface area contributed by atoms with Gasteiger partial charge in [-0.1, -0.05) is 32.0 Å². The quantitative estimate of drug-likeness (QED) is 0.677. The molecule has 0 fully saturated rings. The highest BCUT2D eigenvalue weighted by molar-refractivity contribution is 7.94. The van der Waals surface area contributed by atoms with Crippen molar-refractivity contribution in [1.29, 1.82) is 0 Å². The van der Waals surface area contributed by atoms with Crippen molar-refractivity contribution < 1.29 is 23.1 Å². The monoisotopic (exact) mass is 405 g/mol.